The van der Waals surface area contributed by atoms with Gasteiger partial charge >= 0.3 is 5.97 Å². The van der Waals surface area contributed by atoms with E-state index in [0.29, 0.717) is 12.0 Å². The van der Waals surface area contributed by atoms with Gasteiger partial charge in [-0.05, 0) is 36.1 Å². The van der Waals surface area contributed by atoms with E-state index in [-0.39, 0.29) is 16.8 Å². The summed E-state index contributed by atoms with van der Waals surface area (Å²) in [4.78, 5) is 11.6. The first-order chi connectivity index (χ1) is 7.93. The van der Waals surface area contributed by atoms with Gasteiger partial charge in [-0.2, -0.15) is 0 Å². The molecule has 1 aliphatic carbocycles. The zero-order chi connectivity index (χ0) is 12.6. The molecule has 0 heterocycles. The third kappa shape index (κ3) is 2.30. The molecule has 0 spiro atoms. The number of carbonyl (C=O) groups is 1. The van der Waals surface area contributed by atoms with Gasteiger partial charge < -0.3 is 4.74 Å². The van der Waals surface area contributed by atoms with Gasteiger partial charge in [0.15, 0.2) is 0 Å². The summed E-state index contributed by atoms with van der Waals surface area (Å²) in [6.45, 7) is 0. The van der Waals surface area contributed by atoms with Gasteiger partial charge in [0.05, 0.1) is 17.9 Å². The fourth-order valence-corrected chi connectivity index (χ4v) is 2.91. The number of ether oxygens (including phenoxy) is 1. The molecule has 0 saturated carbocycles. The molecule has 1 unspecified atom stereocenters. The van der Waals surface area contributed by atoms with Gasteiger partial charge in [0, 0.05) is 10.7 Å². The van der Waals surface area contributed by atoms with Crippen LogP contribution in [0.3, 0.4) is 0 Å². The van der Waals surface area contributed by atoms with Crippen molar-refractivity contribution in [2.45, 2.75) is 23.7 Å². The highest BCUT2D eigenvalue weighted by Gasteiger charge is 2.30. The Hall–Kier alpha value is -1.07. The molecule has 0 amide bonds. The molecule has 1 aliphatic rings. The van der Waals surface area contributed by atoms with Crippen LogP contribution >= 0.6 is 10.7 Å². The van der Waals surface area contributed by atoms with Crippen LogP contribution in [0.4, 0.5) is 0 Å². The summed E-state index contributed by atoms with van der Waals surface area (Å²) in [5, 5.41) is 0. The zero-order valence-corrected chi connectivity index (χ0v) is 10.7. The minimum absolute atomic E-state index is 0.0220. The number of aryl methyl sites for hydroxylation is 1. The molecule has 0 N–H and O–H groups in total. The Labute approximate surface area is 104 Å². The Bertz CT molecular complexity index is 565. The Morgan fingerprint density at radius 1 is 1.47 bits per heavy atom. The van der Waals surface area contributed by atoms with Gasteiger partial charge in [-0.15, -0.1) is 0 Å². The first kappa shape index (κ1) is 12.4. The van der Waals surface area contributed by atoms with E-state index >= 15 is 0 Å². The van der Waals surface area contributed by atoms with E-state index < -0.39 is 9.05 Å². The maximum atomic E-state index is 11.5. The molecule has 4 nitrogen and oxygen atoms in total. The number of fused-ring (bicyclic) bond motifs is 1. The average Bonchev–Trinajstić information content (AvgIpc) is 2.69. The molecule has 0 radical (unpaired) electrons. The largest absolute Gasteiger partial charge is 0.469 e. The lowest BCUT2D eigenvalue weighted by atomic mass is 10.0. The standard InChI is InChI=1S/C11H11ClO4S/c1-16-11(13)9-5-3-7-2-4-8(6-10(7)9)17(12,14)15/h2,4,6,9H,3,5H2,1H3. The topological polar surface area (TPSA) is 60.4 Å². The predicted octanol–water partition coefficient (Wildman–Crippen LogP) is 1.82. The van der Waals surface area contributed by atoms with E-state index in [1.54, 1.807) is 6.07 Å². The van der Waals surface area contributed by atoms with Crippen molar-refractivity contribution < 1.29 is 17.9 Å². The van der Waals surface area contributed by atoms with Crippen molar-refractivity contribution in [1.29, 1.82) is 0 Å². The smallest absolute Gasteiger partial charge is 0.313 e. The number of carbonyl (C=O) groups excluding carboxylic acids is 1. The van der Waals surface area contributed by atoms with Gasteiger partial charge in [-0.25, -0.2) is 8.42 Å². The second-order valence-corrected chi connectivity index (χ2v) is 6.48. The molecule has 1 aromatic rings. The Morgan fingerprint density at radius 2 is 2.18 bits per heavy atom. The summed E-state index contributed by atoms with van der Waals surface area (Å²) >= 11 is 0. The van der Waals surface area contributed by atoms with Crippen molar-refractivity contribution in [1.82, 2.24) is 0 Å². The van der Waals surface area contributed by atoms with Crippen LogP contribution in [-0.4, -0.2) is 21.5 Å². The number of hydrogen-bond donors (Lipinski definition) is 0. The first-order valence-corrected chi connectivity index (χ1v) is 7.39. The molecule has 0 saturated heterocycles. The molecule has 1 atom stereocenters. The molecule has 0 aliphatic heterocycles. The molecule has 17 heavy (non-hydrogen) atoms. The highest BCUT2D eigenvalue weighted by atomic mass is 35.7. The quantitative estimate of drug-likeness (QED) is 0.610. The molecular formula is C11H11ClO4S. The average molecular weight is 275 g/mol. The minimum atomic E-state index is -3.76. The molecule has 0 fully saturated rings. The second kappa shape index (κ2) is 4.31. The Morgan fingerprint density at radius 3 is 2.76 bits per heavy atom. The van der Waals surface area contributed by atoms with Crippen molar-refractivity contribution in [3.8, 4) is 0 Å². The SMILES string of the molecule is COC(=O)C1CCc2ccc(S(=O)(=O)Cl)cc21. The highest BCUT2D eigenvalue weighted by Crippen LogP contribution is 2.35. The lowest BCUT2D eigenvalue weighted by Crippen LogP contribution is -2.11. The fraction of sp³-hybridized carbons (Fsp3) is 0.364. The minimum Gasteiger partial charge on any atom is -0.469 e. The first-order valence-electron chi connectivity index (χ1n) is 5.09. The van der Waals surface area contributed by atoms with E-state index in [2.05, 4.69) is 0 Å². The van der Waals surface area contributed by atoms with E-state index in [4.69, 9.17) is 15.4 Å². The number of halogens is 1. The lowest BCUT2D eigenvalue weighted by Gasteiger charge is -2.09. The highest BCUT2D eigenvalue weighted by molar-refractivity contribution is 8.13. The van der Waals surface area contributed by atoms with Crippen molar-refractivity contribution in [3.05, 3.63) is 29.3 Å². The maximum absolute atomic E-state index is 11.5. The van der Waals surface area contributed by atoms with Crippen LogP contribution in [0, 0.1) is 0 Å². The summed E-state index contributed by atoms with van der Waals surface area (Å²) in [7, 11) is 2.84. The number of rotatable bonds is 2. The lowest BCUT2D eigenvalue weighted by molar-refractivity contribution is -0.142. The van der Waals surface area contributed by atoms with Crippen LogP contribution in [0.15, 0.2) is 23.1 Å². The Kier molecular flexibility index (Phi) is 3.14. The molecular weight excluding hydrogens is 264 g/mol. The summed E-state index contributed by atoms with van der Waals surface area (Å²) in [5.74, 6) is -0.721. The number of hydrogen-bond acceptors (Lipinski definition) is 4. The predicted molar refractivity (Wildman–Crippen MR) is 62.6 cm³/mol. The van der Waals surface area contributed by atoms with Gasteiger partial charge in [-0.3, -0.25) is 4.79 Å². The van der Waals surface area contributed by atoms with Gasteiger partial charge in [0.1, 0.15) is 0 Å². The van der Waals surface area contributed by atoms with Crippen LogP contribution in [-0.2, 0) is 25.0 Å². The normalized spacial score (nSPS) is 18.8. The van der Waals surface area contributed by atoms with E-state index in [9.17, 15) is 13.2 Å². The van der Waals surface area contributed by atoms with Crippen molar-refractivity contribution in [3.63, 3.8) is 0 Å². The summed E-state index contributed by atoms with van der Waals surface area (Å²) in [5.41, 5.74) is 1.68. The van der Waals surface area contributed by atoms with Gasteiger partial charge in [0.2, 0.25) is 0 Å². The molecule has 1 aromatic carbocycles. The van der Waals surface area contributed by atoms with Crippen molar-refractivity contribution >= 4 is 25.7 Å². The maximum Gasteiger partial charge on any atom is 0.313 e. The zero-order valence-electron chi connectivity index (χ0n) is 9.14. The van der Waals surface area contributed by atoms with Crippen molar-refractivity contribution in [2.24, 2.45) is 0 Å². The Balaban J connectivity index is 2.48. The fourth-order valence-electron chi connectivity index (χ4n) is 2.12. The van der Waals surface area contributed by atoms with Crippen LogP contribution in [0.2, 0.25) is 0 Å². The monoisotopic (exact) mass is 274 g/mol. The molecule has 0 bridgehead atoms. The molecule has 6 heteroatoms. The van der Waals surface area contributed by atoms with Crippen LogP contribution in [0.5, 0.6) is 0 Å². The molecule has 0 aromatic heterocycles. The third-order valence-corrected chi connectivity index (χ3v) is 4.31. The van der Waals surface area contributed by atoms with Crippen LogP contribution in [0.1, 0.15) is 23.5 Å². The third-order valence-electron chi connectivity index (χ3n) is 2.96. The van der Waals surface area contributed by atoms with E-state index in [1.807, 2.05) is 0 Å². The van der Waals surface area contributed by atoms with Crippen LogP contribution < -0.4 is 0 Å². The van der Waals surface area contributed by atoms with Crippen molar-refractivity contribution in [2.75, 3.05) is 7.11 Å². The molecule has 2 rings (SSSR count). The number of esters is 1. The van der Waals surface area contributed by atoms with E-state index in [0.717, 1.165) is 12.0 Å². The van der Waals surface area contributed by atoms with Crippen LogP contribution in [0.25, 0.3) is 0 Å². The van der Waals surface area contributed by atoms with E-state index in [1.165, 1.54) is 19.2 Å². The summed E-state index contributed by atoms with van der Waals surface area (Å²) < 4.78 is 27.2. The summed E-state index contributed by atoms with van der Waals surface area (Å²) in [6.07, 6.45) is 1.39. The number of methoxy groups -OCH3 is 1. The van der Waals surface area contributed by atoms with Gasteiger partial charge in [-0.1, -0.05) is 6.07 Å². The molecule has 92 valence electrons. The number of benzene rings is 1. The van der Waals surface area contributed by atoms with Gasteiger partial charge in [0.25, 0.3) is 9.05 Å². The summed E-state index contributed by atoms with van der Waals surface area (Å²) in [6, 6.07) is 4.63. The second-order valence-electron chi connectivity index (χ2n) is 3.91.